The van der Waals surface area contributed by atoms with Crippen molar-refractivity contribution in [1.29, 1.82) is 0 Å². The summed E-state index contributed by atoms with van der Waals surface area (Å²) in [4.78, 5) is 28.9. The quantitative estimate of drug-likeness (QED) is 0.249. The maximum absolute atomic E-state index is 14.3. The Morgan fingerprint density at radius 1 is 0.889 bits per heavy atom. The number of benzene rings is 4. The van der Waals surface area contributed by atoms with Gasteiger partial charge in [0.15, 0.2) is 11.5 Å². The molecular formula is C33H31ClFN3O6S. The van der Waals surface area contributed by atoms with Crippen LogP contribution in [0.3, 0.4) is 0 Å². The minimum absolute atomic E-state index is 0.0117. The van der Waals surface area contributed by atoms with E-state index < -0.39 is 40.2 Å². The van der Waals surface area contributed by atoms with Crippen LogP contribution in [-0.4, -0.2) is 58.0 Å². The monoisotopic (exact) mass is 651 g/mol. The minimum Gasteiger partial charge on any atom is -0.486 e. The highest BCUT2D eigenvalue weighted by Crippen LogP contribution is 2.34. The molecule has 1 aliphatic heterocycles. The Hall–Kier alpha value is -4.61. The molecule has 1 aliphatic rings. The Balaban J connectivity index is 1.55. The SMILES string of the molecule is CNC(=O)C(Cc1ccccc1)N(Cc1ccc(Cl)cc1)C(=O)CN(c1ccc(F)cc1)S(=O)(=O)c1ccc2c(c1)OCCO2. The number of hydrogen-bond acceptors (Lipinski definition) is 6. The summed E-state index contributed by atoms with van der Waals surface area (Å²) in [5, 5.41) is 3.14. The number of amides is 2. The number of carbonyl (C=O) groups is 2. The molecule has 0 spiro atoms. The third kappa shape index (κ3) is 7.55. The average Bonchev–Trinajstić information content (AvgIpc) is 3.06. The van der Waals surface area contributed by atoms with Gasteiger partial charge in [-0.1, -0.05) is 54.1 Å². The van der Waals surface area contributed by atoms with Crippen molar-refractivity contribution in [2.45, 2.75) is 23.9 Å². The molecule has 4 aromatic rings. The molecule has 1 N–H and O–H groups in total. The van der Waals surface area contributed by atoms with Gasteiger partial charge in [0, 0.05) is 31.1 Å². The van der Waals surface area contributed by atoms with Crippen LogP contribution in [0.2, 0.25) is 5.02 Å². The topological polar surface area (TPSA) is 105 Å². The Kier molecular flexibility index (Phi) is 9.90. The first-order chi connectivity index (χ1) is 21.7. The Morgan fingerprint density at radius 2 is 1.56 bits per heavy atom. The molecule has 4 aromatic carbocycles. The number of hydrogen-bond donors (Lipinski definition) is 1. The zero-order valence-corrected chi connectivity index (χ0v) is 25.9. The molecule has 234 valence electrons. The summed E-state index contributed by atoms with van der Waals surface area (Å²) in [6, 6.07) is 24.0. The number of sulfonamides is 1. The third-order valence-corrected chi connectivity index (χ3v) is 9.30. The van der Waals surface area contributed by atoms with E-state index in [0.717, 1.165) is 22.0 Å². The van der Waals surface area contributed by atoms with E-state index in [2.05, 4.69) is 5.32 Å². The highest BCUT2D eigenvalue weighted by Gasteiger charge is 2.35. The summed E-state index contributed by atoms with van der Waals surface area (Å²) in [6.07, 6.45) is 0.172. The van der Waals surface area contributed by atoms with E-state index in [4.69, 9.17) is 21.1 Å². The summed E-state index contributed by atoms with van der Waals surface area (Å²) in [7, 11) is -2.93. The first-order valence-corrected chi connectivity index (χ1v) is 15.9. The summed E-state index contributed by atoms with van der Waals surface area (Å²) in [5.41, 5.74) is 1.54. The fourth-order valence-corrected chi connectivity index (χ4v) is 6.51. The molecule has 9 nitrogen and oxygen atoms in total. The normalized spacial score (nSPS) is 13.0. The molecule has 1 atom stereocenters. The lowest BCUT2D eigenvalue weighted by atomic mass is 10.0. The summed E-state index contributed by atoms with van der Waals surface area (Å²) in [5.74, 6) is -1.01. The van der Waals surface area contributed by atoms with Crippen molar-refractivity contribution in [3.05, 3.63) is 119 Å². The lowest BCUT2D eigenvalue weighted by Crippen LogP contribution is -2.53. The zero-order chi connectivity index (χ0) is 32.0. The molecule has 0 saturated heterocycles. The third-order valence-electron chi connectivity index (χ3n) is 7.28. The van der Waals surface area contributed by atoms with Crippen LogP contribution in [0, 0.1) is 5.82 Å². The van der Waals surface area contributed by atoms with Gasteiger partial charge in [0.2, 0.25) is 11.8 Å². The molecule has 1 heterocycles. The first kappa shape index (κ1) is 31.8. The van der Waals surface area contributed by atoms with Crippen LogP contribution in [0.25, 0.3) is 0 Å². The largest absolute Gasteiger partial charge is 0.486 e. The van der Waals surface area contributed by atoms with Crippen LogP contribution in [0.1, 0.15) is 11.1 Å². The number of nitrogens with one attached hydrogen (secondary N) is 1. The predicted octanol–water partition coefficient (Wildman–Crippen LogP) is 4.83. The maximum Gasteiger partial charge on any atom is 0.264 e. The second kappa shape index (κ2) is 14.0. The lowest BCUT2D eigenvalue weighted by Gasteiger charge is -2.33. The van der Waals surface area contributed by atoms with Crippen molar-refractivity contribution in [3.8, 4) is 11.5 Å². The smallest absolute Gasteiger partial charge is 0.264 e. The van der Waals surface area contributed by atoms with Gasteiger partial charge < -0.3 is 19.7 Å². The average molecular weight is 652 g/mol. The maximum atomic E-state index is 14.3. The van der Waals surface area contributed by atoms with Crippen LogP contribution in [0.5, 0.6) is 11.5 Å². The number of ether oxygens (including phenoxy) is 2. The van der Waals surface area contributed by atoms with Gasteiger partial charge in [-0.3, -0.25) is 13.9 Å². The molecule has 0 fully saturated rings. The van der Waals surface area contributed by atoms with Gasteiger partial charge in [0.25, 0.3) is 10.0 Å². The van der Waals surface area contributed by atoms with Crippen LogP contribution < -0.4 is 19.1 Å². The summed E-state index contributed by atoms with van der Waals surface area (Å²) in [6.45, 7) is -0.118. The molecule has 0 aliphatic carbocycles. The van der Waals surface area contributed by atoms with E-state index in [9.17, 15) is 22.4 Å². The molecule has 0 bridgehead atoms. The van der Waals surface area contributed by atoms with E-state index in [1.54, 1.807) is 24.3 Å². The Bertz CT molecular complexity index is 1760. The minimum atomic E-state index is -4.41. The molecule has 1 unspecified atom stereocenters. The van der Waals surface area contributed by atoms with Crippen molar-refractivity contribution in [1.82, 2.24) is 10.2 Å². The fraction of sp³-hybridized carbons (Fsp3) is 0.212. The molecule has 5 rings (SSSR count). The van der Waals surface area contributed by atoms with Crippen LogP contribution in [-0.2, 0) is 32.6 Å². The summed E-state index contributed by atoms with van der Waals surface area (Å²) < 4.78 is 54.3. The van der Waals surface area contributed by atoms with Crippen molar-refractivity contribution >= 4 is 39.1 Å². The standard InChI is InChI=1S/C33H31ClFN3O6S/c1-36-33(40)29(19-23-5-3-2-4-6-23)37(21-24-7-9-25(34)10-8-24)32(39)22-38(27-13-11-26(35)12-14-27)45(41,42)28-15-16-30-31(20-28)44-18-17-43-30/h2-16,20,29H,17-19,21-22H2,1H3,(H,36,40). The van der Waals surface area contributed by atoms with Crippen LogP contribution in [0.15, 0.2) is 102 Å². The Labute approximate surface area is 266 Å². The van der Waals surface area contributed by atoms with E-state index in [1.807, 2.05) is 30.3 Å². The number of anilines is 1. The highest BCUT2D eigenvalue weighted by atomic mass is 35.5. The molecule has 12 heteroatoms. The molecule has 0 aromatic heterocycles. The molecule has 45 heavy (non-hydrogen) atoms. The van der Waals surface area contributed by atoms with Crippen LogP contribution >= 0.6 is 11.6 Å². The molecule has 0 saturated carbocycles. The van der Waals surface area contributed by atoms with Crippen LogP contribution in [0.4, 0.5) is 10.1 Å². The number of fused-ring (bicyclic) bond motifs is 1. The number of nitrogens with zero attached hydrogens (tertiary/aromatic N) is 2. The fourth-order valence-electron chi connectivity index (χ4n) is 4.95. The van der Waals surface area contributed by atoms with Gasteiger partial charge in [-0.15, -0.1) is 0 Å². The lowest BCUT2D eigenvalue weighted by molar-refractivity contribution is -0.139. The van der Waals surface area contributed by atoms with E-state index in [1.165, 1.54) is 42.3 Å². The van der Waals surface area contributed by atoms with Gasteiger partial charge in [-0.05, 0) is 59.7 Å². The first-order valence-electron chi connectivity index (χ1n) is 14.1. The van der Waals surface area contributed by atoms with Gasteiger partial charge in [0.05, 0.1) is 10.6 Å². The number of carbonyl (C=O) groups excluding carboxylic acids is 2. The van der Waals surface area contributed by atoms with Gasteiger partial charge in [0.1, 0.15) is 31.6 Å². The zero-order valence-electron chi connectivity index (χ0n) is 24.4. The number of rotatable bonds is 11. The van der Waals surface area contributed by atoms with Crippen molar-refractivity contribution in [2.24, 2.45) is 0 Å². The van der Waals surface area contributed by atoms with E-state index in [0.29, 0.717) is 22.9 Å². The van der Waals surface area contributed by atoms with E-state index in [-0.39, 0.29) is 35.9 Å². The molecule has 0 radical (unpaired) electrons. The second-order valence-corrected chi connectivity index (χ2v) is 12.6. The van der Waals surface area contributed by atoms with Gasteiger partial charge in [-0.25, -0.2) is 12.8 Å². The number of likely N-dealkylation sites (N-methyl/N-ethyl adjacent to an activating group) is 1. The highest BCUT2D eigenvalue weighted by molar-refractivity contribution is 7.92. The molecular weight excluding hydrogens is 621 g/mol. The molecule has 2 amide bonds. The summed E-state index contributed by atoms with van der Waals surface area (Å²) >= 11 is 6.09. The predicted molar refractivity (Wildman–Crippen MR) is 168 cm³/mol. The second-order valence-electron chi connectivity index (χ2n) is 10.3. The Morgan fingerprint density at radius 3 is 2.22 bits per heavy atom. The number of halogens is 2. The van der Waals surface area contributed by atoms with Gasteiger partial charge in [-0.2, -0.15) is 0 Å². The van der Waals surface area contributed by atoms with E-state index >= 15 is 0 Å². The van der Waals surface area contributed by atoms with Crippen molar-refractivity contribution in [2.75, 3.05) is 31.1 Å². The van der Waals surface area contributed by atoms with Gasteiger partial charge >= 0.3 is 0 Å². The van der Waals surface area contributed by atoms with Crippen molar-refractivity contribution in [3.63, 3.8) is 0 Å². The van der Waals surface area contributed by atoms with Crippen molar-refractivity contribution < 1.29 is 31.9 Å².